The maximum Gasteiger partial charge on any atom is 0.243 e. The number of nitrogens with zero attached hydrogens (tertiary/aromatic N) is 3. The van der Waals surface area contributed by atoms with E-state index in [2.05, 4.69) is 0 Å². The number of sulfone groups is 1. The highest BCUT2D eigenvalue weighted by atomic mass is 32.2. The smallest absolute Gasteiger partial charge is 0.235 e. The largest absolute Gasteiger partial charge is 0.243 e. The Labute approximate surface area is 208 Å². The van der Waals surface area contributed by atoms with E-state index in [1.165, 1.54) is 21.9 Å². The van der Waals surface area contributed by atoms with Crippen molar-refractivity contribution in [1.82, 2.24) is 14.3 Å². The minimum absolute atomic E-state index is 0.269. The fourth-order valence-electron chi connectivity index (χ4n) is 3.91. The standard InChI is InChI=1S/C25H23N3O4S3/c1-17-3-7-21(8-4-17)35(31,32)28-15-13-19(14-16-28)24-27-23-12-11-22(26-25(23)33-24)18-5-9-20(10-6-18)34(2,29)30/h3-13H,14-16H2,1-2H3. The second-order valence-electron chi connectivity index (χ2n) is 8.49. The third-order valence-corrected chi connectivity index (χ3v) is 9.99. The van der Waals surface area contributed by atoms with E-state index in [4.69, 9.17) is 9.97 Å². The van der Waals surface area contributed by atoms with Crippen LogP contribution in [0.2, 0.25) is 0 Å². The van der Waals surface area contributed by atoms with Crippen molar-refractivity contribution in [3.63, 3.8) is 0 Å². The maximum absolute atomic E-state index is 13.0. The third kappa shape index (κ3) is 4.79. The molecule has 35 heavy (non-hydrogen) atoms. The van der Waals surface area contributed by atoms with Crippen molar-refractivity contribution in [1.29, 1.82) is 0 Å². The van der Waals surface area contributed by atoms with E-state index in [-0.39, 0.29) is 4.90 Å². The van der Waals surface area contributed by atoms with E-state index in [0.29, 0.717) is 24.4 Å². The van der Waals surface area contributed by atoms with Gasteiger partial charge in [-0.2, -0.15) is 4.31 Å². The number of hydrogen-bond donors (Lipinski definition) is 0. The van der Waals surface area contributed by atoms with Gasteiger partial charge in [-0.1, -0.05) is 47.2 Å². The molecule has 3 heterocycles. The van der Waals surface area contributed by atoms with Gasteiger partial charge >= 0.3 is 0 Å². The Morgan fingerprint density at radius 2 is 1.54 bits per heavy atom. The van der Waals surface area contributed by atoms with Crippen LogP contribution in [0.15, 0.2) is 76.5 Å². The van der Waals surface area contributed by atoms with Crippen molar-refractivity contribution < 1.29 is 16.8 Å². The first-order chi connectivity index (χ1) is 16.6. The van der Waals surface area contributed by atoms with Crippen molar-refractivity contribution >= 4 is 47.1 Å². The highest BCUT2D eigenvalue weighted by Gasteiger charge is 2.27. The van der Waals surface area contributed by atoms with Gasteiger partial charge in [0.25, 0.3) is 0 Å². The van der Waals surface area contributed by atoms with Crippen LogP contribution in [0.25, 0.3) is 27.2 Å². The van der Waals surface area contributed by atoms with Crippen LogP contribution in [0.5, 0.6) is 0 Å². The lowest BCUT2D eigenvalue weighted by Crippen LogP contribution is -2.34. The average molecular weight is 526 g/mol. The zero-order chi connectivity index (χ0) is 24.8. The molecule has 0 radical (unpaired) electrons. The molecule has 180 valence electrons. The summed E-state index contributed by atoms with van der Waals surface area (Å²) in [6.45, 7) is 2.62. The Morgan fingerprint density at radius 3 is 2.17 bits per heavy atom. The summed E-state index contributed by atoms with van der Waals surface area (Å²) in [6, 6.07) is 17.3. The molecule has 0 saturated carbocycles. The number of benzene rings is 2. The molecule has 10 heteroatoms. The first-order valence-electron chi connectivity index (χ1n) is 11.0. The monoisotopic (exact) mass is 525 g/mol. The number of thiazole rings is 1. The van der Waals surface area contributed by atoms with Crippen molar-refractivity contribution in [2.75, 3.05) is 19.3 Å². The number of aromatic nitrogens is 2. The summed E-state index contributed by atoms with van der Waals surface area (Å²) in [5.41, 5.74) is 4.37. The molecule has 0 saturated heterocycles. The summed E-state index contributed by atoms with van der Waals surface area (Å²) in [5, 5.41) is 0.837. The van der Waals surface area contributed by atoms with Crippen LogP contribution in [0.3, 0.4) is 0 Å². The minimum atomic E-state index is -3.54. The van der Waals surface area contributed by atoms with E-state index in [1.54, 1.807) is 48.5 Å². The lowest BCUT2D eigenvalue weighted by atomic mass is 10.1. The van der Waals surface area contributed by atoms with Gasteiger partial charge in [0, 0.05) is 24.9 Å². The van der Waals surface area contributed by atoms with Gasteiger partial charge in [0.05, 0.1) is 15.5 Å². The first-order valence-corrected chi connectivity index (χ1v) is 15.1. The summed E-state index contributed by atoms with van der Waals surface area (Å²) in [5.74, 6) is 0. The lowest BCUT2D eigenvalue weighted by Gasteiger charge is -2.25. The van der Waals surface area contributed by atoms with Crippen molar-refractivity contribution in [2.24, 2.45) is 0 Å². The summed E-state index contributed by atoms with van der Waals surface area (Å²) in [4.78, 5) is 10.8. The van der Waals surface area contributed by atoms with Crippen molar-refractivity contribution in [2.45, 2.75) is 23.1 Å². The van der Waals surface area contributed by atoms with Gasteiger partial charge in [0.1, 0.15) is 15.4 Å². The lowest BCUT2D eigenvalue weighted by molar-refractivity contribution is 0.441. The Kier molecular flexibility index (Phi) is 6.08. The molecule has 0 atom stereocenters. The predicted molar refractivity (Wildman–Crippen MR) is 138 cm³/mol. The number of hydrogen-bond acceptors (Lipinski definition) is 7. The Hall–Kier alpha value is -2.92. The number of sulfonamides is 1. The SMILES string of the molecule is Cc1ccc(S(=O)(=O)N2CC=C(c3nc4ccc(-c5ccc(S(C)(=O)=O)cc5)nc4s3)CC2)cc1. The van der Waals surface area contributed by atoms with Crippen LogP contribution < -0.4 is 0 Å². The first kappa shape index (κ1) is 23.8. The van der Waals surface area contributed by atoms with E-state index in [1.807, 2.05) is 25.1 Å². The second-order valence-corrected chi connectivity index (χ2v) is 13.4. The molecule has 2 aromatic carbocycles. The second kappa shape index (κ2) is 8.94. The minimum Gasteiger partial charge on any atom is -0.235 e. The average Bonchev–Trinajstić information content (AvgIpc) is 3.27. The maximum atomic E-state index is 13.0. The van der Waals surface area contributed by atoms with Gasteiger partial charge in [0.2, 0.25) is 10.0 Å². The Balaban J connectivity index is 1.37. The van der Waals surface area contributed by atoms with Gasteiger partial charge in [0.15, 0.2) is 9.84 Å². The van der Waals surface area contributed by atoms with Gasteiger partial charge < -0.3 is 0 Å². The van der Waals surface area contributed by atoms with Gasteiger partial charge in [-0.3, -0.25) is 0 Å². The van der Waals surface area contributed by atoms with Crippen molar-refractivity contribution in [3.05, 3.63) is 77.3 Å². The fraction of sp³-hybridized carbons (Fsp3) is 0.200. The normalized spacial score (nSPS) is 15.3. The molecule has 0 aliphatic carbocycles. The topological polar surface area (TPSA) is 97.3 Å². The van der Waals surface area contributed by atoms with Crippen LogP contribution in [-0.4, -0.2) is 50.5 Å². The summed E-state index contributed by atoms with van der Waals surface area (Å²) >= 11 is 1.47. The zero-order valence-corrected chi connectivity index (χ0v) is 21.6. The highest BCUT2D eigenvalue weighted by molar-refractivity contribution is 7.90. The number of pyridine rings is 1. The van der Waals surface area contributed by atoms with Crippen LogP contribution >= 0.6 is 11.3 Å². The van der Waals surface area contributed by atoms with Crippen LogP contribution in [-0.2, 0) is 19.9 Å². The molecule has 2 aromatic heterocycles. The Bertz CT molecular complexity index is 1660. The van der Waals surface area contributed by atoms with Gasteiger partial charge in [-0.15, -0.1) is 0 Å². The zero-order valence-electron chi connectivity index (χ0n) is 19.2. The quantitative estimate of drug-likeness (QED) is 0.379. The van der Waals surface area contributed by atoms with E-state index < -0.39 is 19.9 Å². The van der Waals surface area contributed by atoms with Crippen LogP contribution in [0.1, 0.15) is 17.0 Å². The van der Waals surface area contributed by atoms with E-state index in [9.17, 15) is 16.8 Å². The van der Waals surface area contributed by atoms with Gasteiger partial charge in [-0.25, -0.2) is 26.8 Å². The molecule has 4 aromatic rings. The Morgan fingerprint density at radius 1 is 0.857 bits per heavy atom. The molecule has 0 spiro atoms. The van der Waals surface area contributed by atoms with Gasteiger partial charge in [-0.05, 0) is 55.3 Å². The summed E-state index contributed by atoms with van der Waals surface area (Å²) in [7, 11) is -6.79. The molecule has 0 fully saturated rings. The van der Waals surface area contributed by atoms with Crippen LogP contribution in [0.4, 0.5) is 0 Å². The molecule has 0 bridgehead atoms. The highest BCUT2D eigenvalue weighted by Crippen LogP contribution is 2.32. The van der Waals surface area contributed by atoms with Crippen molar-refractivity contribution in [3.8, 4) is 11.3 Å². The van der Waals surface area contributed by atoms with E-state index in [0.717, 1.165) is 37.7 Å². The molecule has 0 amide bonds. The molecule has 1 aliphatic heterocycles. The third-order valence-electron chi connectivity index (χ3n) is 5.94. The molecular weight excluding hydrogens is 502 g/mol. The molecule has 1 aliphatic rings. The molecule has 5 rings (SSSR count). The van der Waals surface area contributed by atoms with E-state index >= 15 is 0 Å². The number of aryl methyl sites for hydroxylation is 1. The number of rotatable bonds is 5. The number of fused-ring (bicyclic) bond motifs is 1. The summed E-state index contributed by atoms with van der Waals surface area (Å²) in [6.07, 6.45) is 3.69. The molecular formula is C25H23N3O4S3. The predicted octanol–water partition coefficient (Wildman–Crippen LogP) is 4.55. The van der Waals surface area contributed by atoms with Crippen LogP contribution in [0, 0.1) is 6.92 Å². The molecule has 7 nitrogen and oxygen atoms in total. The summed E-state index contributed by atoms with van der Waals surface area (Å²) < 4.78 is 50.8. The molecule has 0 unspecified atom stereocenters. The molecule has 0 N–H and O–H groups in total. The fourth-order valence-corrected chi connectivity index (χ4v) is 6.93.